The lowest BCUT2D eigenvalue weighted by molar-refractivity contribution is -0.121. The number of unbranched alkanes of at least 4 members (excludes halogenated alkanes) is 5. The summed E-state index contributed by atoms with van der Waals surface area (Å²) in [5, 5.41) is 7.70. The standard InChI is InChI=1S/C17H28N2O4S/c1-2-3-4-5-6-7-8-17(20)19-14-13-15-9-11-16(12-10-15)23-24(18,21)22/h9-12H,2-8,13-14H2,1H3,(H,19,20)(H2,18,21,22). The molecule has 0 aliphatic heterocycles. The average Bonchev–Trinajstić information content (AvgIpc) is 2.51. The molecule has 0 bridgehead atoms. The Morgan fingerprint density at radius 3 is 2.33 bits per heavy atom. The third-order valence-electron chi connectivity index (χ3n) is 3.63. The van der Waals surface area contributed by atoms with Gasteiger partial charge in [-0.2, -0.15) is 13.6 Å². The largest absolute Gasteiger partial charge is 0.380 e. The van der Waals surface area contributed by atoms with Gasteiger partial charge in [0.2, 0.25) is 5.91 Å². The molecule has 0 aliphatic carbocycles. The highest BCUT2D eigenvalue weighted by molar-refractivity contribution is 7.84. The molecule has 3 N–H and O–H groups in total. The van der Waals surface area contributed by atoms with Gasteiger partial charge in [-0.25, -0.2) is 0 Å². The van der Waals surface area contributed by atoms with Crippen LogP contribution in [0.3, 0.4) is 0 Å². The van der Waals surface area contributed by atoms with Gasteiger partial charge in [0.25, 0.3) is 0 Å². The second kappa shape index (κ2) is 11.0. The van der Waals surface area contributed by atoms with Crippen molar-refractivity contribution in [2.45, 2.75) is 58.3 Å². The molecule has 0 saturated carbocycles. The summed E-state index contributed by atoms with van der Waals surface area (Å²) in [7, 11) is -3.99. The molecule has 0 aliphatic rings. The first-order valence-corrected chi connectivity index (χ1v) is 9.95. The number of hydrogen-bond acceptors (Lipinski definition) is 4. The quantitative estimate of drug-likeness (QED) is 0.563. The number of carbonyl (C=O) groups is 1. The number of carbonyl (C=O) groups excluding carboxylic acids is 1. The van der Waals surface area contributed by atoms with Crippen LogP contribution in [0.25, 0.3) is 0 Å². The maximum absolute atomic E-state index is 11.7. The zero-order valence-electron chi connectivity index (χ0n) is 14.3. The SMILES string of the molecule is CCCCCCCCC(=O)NCCc1ccc(OS(N)(=O)=O)cc1. The summed E-state index contributed by atoms with van der Waals surface area (Å²) in [6, 6.07) is 6.58. The monoisotopic (exact) mass is 356 g/mol. The molecule has 1 aromatic carbocycles. The summed E-state index contributed by atoms with van der Waals surface area (Å²) in [4.78, 5) is 11.7. The van der Waals surface area contributed by atoms with Crippen molar-refractivity contribution in [1.29, 1.82) is 0 Å². The van der Waals surface area contributed by atoms with E-state index < -0.39 is 10.3 Å². The minimum atomic E-state index is -3.99. The van der Waals surface area contributed by atoms with Crippen LogP contribution in [0.5, 0.6) is 5.75 Å². The molecular formula is C17H28N2O4S. The summed E-state index contributed by atoms with van der Waals surface area (Å²) < 4.78 is 26.2. The third-order valence-corrected chi connectivity index (χ3v) is 4.05. The van der Waals surface area contributed by atoms with Gasteiger partial charge in [0.1, 0.15) is 5.75 Å². The van der Waals surface area contributed by atoms with Gasteiger partial charge in [0.15, 0.2) is 0 Å². The molecule has 0 fully saturated rings. The van der Waals surface area contributed by atoms with Crippen LogP contribution in [0.2, 0.25) is 0 Å². The number of nitrogens with two attached hydrogens (primary N) is 1. The van der Waals surface area contributed by atoms with Crippen molar-refractivity contribution >= 4 is 16.2 Å². The average molecular weight is 356 g/mol. The van der Waals surface area contributed by atoms with Gasteiger partial charge >= 0.3 is 10.3 Å². The van der Waals surface area contributed by atoms with E-state index in [-0.39, 0.29) is 11.7 Å². The molecule has 1 amide bonds. The van der Waals surface area contributed by atoms with Crippen LogP contribution < -0.4 is 14.6 Å². The molecule has 1 rings (SSSR count). The van der Waals surface area contributed by atoms with E-state index in [1.807, 2.05) is 0 Å². The Morgan fingerprint density at radius 1 is 1.08 bits per heavy atom. The van der Waals surface area contributed by atoms with Gasteiger partial charge in [-0.1, -0.05) is 51.2 Å². The van der Waals surface area contributed by atoms with E-state index in [1.54, 1.807) is 12.1 Å². The van der Waals surface area contributed by atoms with Crippen LogP contribution in [-0.4, -0.2) is 20.9 Å². The van der Waals surface area contributed by atoms with Crippen molar-refractivity contribution in [3.05, 3.63) is 29.8 Å². The first kappa shape index (κ1) is 20.4. The van der Waals surface area contributed by atoms with Crippen molar-refractivity contribution in [2.24, 2.45) is 5.14 Å². The number of benzene rings is 1. The molecule has 0 aromatic heterocycles. The van der Waals surface area contributed by atoms with Crippen LogP contribution in [0, 0.1) is 0 Å². The summed E-state index contributed by atoms with van der Waals surface area (Å²) in [5.74, 6) is 0.257. The summed E-state index contributed by atoms with van der Waals surface area (Å²) in [5.41, 5.74) is 0.983. The number of hydrogen-bond donors (Lipinski definition) is 2. The fourth-order valence-electron chi connectivity index (χ4n) is 2.35. The van der Waals surface area contributed by atoms with E-state index in [9.17, 15) is 13.2 Å². The first-order chi connectivity index (χ1) is 11.4. The maximum atomic E-state index is 11.7. The fourth-order valence-corrected chi connectivity index (χ4v) is 2.73. The summed E-state index contributed by atoms with van der Waals surface area (Å²) in [6.07, 6.45) is 8.26. The van der Waals surface area contributed by atoms with E-state index in [1.165, 1.54) is 37.8 Å². The summed E-state index contributed by atoms with van der Waals surface area (Å²) >= 11 is 0. The van der Waals surface area contributed by atoms with Gasteiger partial charge in [-0.05, 0) is 30.5 Å². The van der Waals surface area contributed by atoms with Gasteiger partial charge in [0, 0.05) is 13.0 Å². The highest BCUT2D eigenvalue weighted by Crippen LogP contribution is 2.13. The first-order valence-electron chi connectivity index (χ1n) is 8.48. The van der Waals surface area contributed by atoms with Crippen molar-refractivity contribution in [2.75, 3.05) is 6.54 Å². The highest BCUT2D eigenvalue weighted by Gasteiger charge is 2.05. The number of amides is 1. The molecule has 24 heavy (non-hydrogen) atoms. The summed E-state index contributed by atoms with van der Waals surface area (Å²) in [6.45, 7) is 2.75. The van der Waals surface area contributed by atoms with Gasteiger partial charge in [-0.3, -0.25) is 4.79 Å². The molecule has 0 radical (unpaired) electrons. The lowest BCUT2D eigenvalue weighted by Crippen LogP contribution is -2.25. The Labute approximate surface area is 145 Å². The number of rotatable bonds is 12. The Morgan fingerprint density at radius 2 is 1.71 bits per heavy atom. The number of nitrogens with one attached hydrogen (secondary N) is 1. The van der Waals surface area contributed by atoms with Gasteiger partial charge in [-0.15, -0.1) is 0 Å². The Balaban J connectivity index is 2.17. The molecule has 7 heteroatoms. The molecule has 0 heterocycles. The normalized spacial score (nSPS) is 11.2. The van der Waals surface area contributed by atoms with Crippen LogP contribution in [0.4, 0.5) is 0 Å². The van der Waals surface area contributed by atoms with Crippen molar-refractivity contribution < 1.29 is 17.4 Å². The predicted octanol–water partition coefficient (Wildman–Crippen LogP) is 2.68. The van der Waals surface area contributed by atoms with Crippen molar-refractivity contribution in [3.8, 4) is 5.75 Å². The topological polar surface area (TPSA) is 98.5 Å². The molecule has 1 aromatic rings. The van der Waals surface area contributed by atoms with E-state index in [4.69, 9.17) is 5.14 Å². The molecular weight excluding hydrogens is 328 g/mol. The Hall–Kier alpha value is -1.60. The Bertz CT molecular complexity index is 585. The molecule has 136 valence electrons. The van der Waals surface area contributed by atoms with Gasteiger partial charge in [0.05, 0.1) is 0 Å². The zero-order valence-corrected chi connectivity index (χ0v) is 15.1. The second-order valence-electron chi connectivity index (χ2n) is 5.84. The van der Waals surface area contributed by atoms with Crippen LogP contribution in [0.1, 0.15) is 57.4 Å². The van der Waals surface area contributed by atoms with E-state index >= 15 is 0 Å². The minimum Gasteiger partial charge on any atom is -0.371 e. The maximum Gasteiger partial charge on any atom is 0.380 e. The van der Waals surface area contributed by atoms with Gasteiger partial charge < -0.3 is 9.50 Å². The van der Waals surface area contributed by atoms with E-state index in [0.717, 1.165) is 18.4 Å². The van der Waals surface area contributed by atoms with Crippen LogP contribution in [-0.2, 0) is 21.5 Å². The van der Waals surface area contributed by atoms with Crippen molar-refractivity contribution in [3.63, 3.8) is 0 Å². The molecule has 0 spiro atoms. The fraction of sp³-hybridized carbons (Fsp3) is 0.588. The lowest BCUT2D eigenvalue weighted by atomic mass is 10.1. The van der Waals surface area contributed by atoms with Crippen LogP contribution in [0.15, 0.2) is 24.3 Å². The van der Waals surface area contributed by atoms with E-state index in [2.05, 4.69) is 16.4 Å². The smallest absolute Gasteiger partial charge is 0.371 e. The van der Waals surface area contributed by atoms with E-state index in [0.29, 0.717) is 19.4 Å². The molecule has 0 atom stereocenters. The molecule has 0 unspecified atom stereocenters. The predicted molar refractivity (Wildman–Crippen MR) is 94.9 cm³/mol. The highest BCUT2D eigenvalue weighted by atomic mass is 32.2. The second-order valence-corrected chi connectivity index (χ2v) is 6.99. The lowest BCUT2D eigenvalue weighted by Gasteiger charge is -2.07. The molecule has 0 saturated heterocycles. The molecule has 6 nitrogen and oxygen atoms in total. The zero-order chi connectivity index (χ0) is 17.8. The Kier molecular flexibility index (Phi) is 9.41. The third kappa shape index (κ3) is 10.2. The van der Waals surface area contributed by atoms with Crippen LogP contribution >= 0.6 is 0 Å². The van der Waals surface area contributed by atoms with Crippen molar-refractivity contribution in [1.82, 2.24) is 5.32 Å². The minimum absolute atomic E-state index is 0.0830.